The number of rotatable bonds is 2. The average molecular weight is 279 g/mol. The van der Waals surface area contributed by atoms with Crippen molar-refractivity contribution in [2.24, 2.45) is 0 Å². The molecule has 0 N–H and O–H groups in total. The molecule has 21 heavy (non-hydrogen) atoms. The molecule has 0 spiro atoms. The number of nitrogens with zero attached hydrogens (tertiary/aromatic N) is 3. The van der Waals surface area contributed by atoms with Gasteiger partial charge in [-0.2, -0.15) is 5.26 Å². The highest BCUT2D eigenvalue weighted by atomic mass is 15.3. The van der Waals surface area contributed by atoms with Crippen LogP contribution in [0.4, 0.5) is 5.69 Å². The van der Waals surface area contributed by atoms with Crippen LogP contribution < -0.4 is 4.90 Å². The summed E-state index contributed by atoms with van der Waals surface area (Å²) < 4.78 is 0. The minimum atomic E-state index is 0.616. The van der Waals surface area contributed by atoms with Crippen LogP contribution in [0.2, 0.25) is 0 Å². The third-order valence-corrected chi connectivity index (χ3v) is 4.41. The summed E-state index contributed by atoms with van der Waals surface area (Å²) in [6.45, 7) is 8.82. The van der Waals surface area contributed by atoms with Crippen molar-refractivity contribution < 1.29 is 0 Å². The number of piperazine rings is 1. The van der Waals surface area contributed by atoms with E-state index in [0.717, 1.165) is 37.1 Å². The van der Waals surface area contributed by atoms with E-state index in [1.54, 1.807) is 0 Å². The second kappa shape index (κ2) is 5.75. The average Bonchev–Trinajstić information content (AvgIpc) is 2.54. The summed E-state index contributed by atoms with van der Waals surface area (Å²) in [6, 6.07) is 15.2. The van der Waals surface area contributed by atoms with Crippen molar-refractivity contribution in [1.82, 2.24) is 4.90 Å². The lowest BCUT2D eigenvalue weighted by Gasteiger charge is -2.38. The number of benzene rings is 2. The third-order valence-electron chi connectivity index (χ3n) is 4.41. The zero-order valence-corrected chi connectivity index (χ0v) is 12.7. The highest BCUT2D eigenvalue weighted by molar-refractivity contribution is 5.97. The molecule has 0 radical (unpaired) electrons. The highest BCUT2D eigenvalue weighted by Gasteiger charge is 2.20. The summed E-state index contributed by atoms with van der Waals surface area (Å²) in [4.78, 5) is 4.96. The molecular formula is C18H21N3. The number of nitriles is 1. The Morgan fingerprint density at radius 2 is 1.62 bits per heavy atom. The molecule has 2 aromatic rings. The maximum atomic E-state index is 9.26. The largest absolute Gasteiger partial charge is 0.368 e. The van der Waals surface area contributed by atoms with Gasteiger partial charge in [-0.25, -0.2) is 0 Å². The molecule has 1 fully saturated rings. The standard InChI is InChI=1S/C18H21N3/c1-14(2)20-9-11-21(12-10-20)18-8-7-15(13-19)16-5-3-4-6-17(16)18/h3-8,14H,9-12H2,1-2H3. The van der Waals surface area contributed by atoms with Crippen molar-refractivity contribution in [3.8, 4) is 6.07 Å². The zero-order valence-electron chi connectivity index (χ0n) is 12.7. The molecule has 3 heteroatoms. The first-order valence-corrected chi connectivity index (χ1v) is 7.61. The van der Waals surface area contributed by atoms with Gasteiger partial charge in [-0.1, -0.05) is 24.3 Å². The second-order valence-electron chi connectivity index (χ2n) is 5.91. The number of hydrogen-bond donors (Lipinski definition) is 0. The van der Waals surface area contributed by atoms with E-state index in [4.69, 9.17) is 0 Å². The smallest absolute Gasteiger partial charge is 0.0998 e. The van der Waals surface area contributed by atoms with Gasteiger partial charge in [0.25, 0.3) is 0 Å². The number of fused-ring (bicyclic) bond motifs is 1. The molecule has 1 saturated heterocycles. The fourth-order valence-corrected chi connectivity index (χ4v) is 3.14. The fraction of sp³-hybridized carbons (Fsp3) is 0.389. The first kappa shape index (κ1) is 13.9. The summed E-state index contributed by atoms with van der Waals surface area (Å²) >= 11 is 0. The van der Waals surface area contributed by atoms with Gasteiger partial charge in [0.2, 0.25) is 0 Å². The SMILES string of the molecule is CC(C)N1CCN(c2ccc(C#N)c3ccccc23)CC1. The molecule has 2 aromatic carbocycles. The normalized spacial score (nSPS) is 16.4. The second-order valence-corrected chi connectivity index (χ2v) is 5.91. The van der Waals surface area contributed by atoms with E-state index >= 15 is 0 Å². The van der Waals surface area contributed by atoms with Crippen molar-refractivity contribution in [3.63, 3.8) is 0 Å². The predicted molar refractivity (Wildman–Crippen MR) is 87.6 cm³/mol. The molecule has 0 aliphatic carbocycles. The van der Waals surface area contributed by atoms with E-state index in [-0.39, 0.29) is 0 Å². The van der Waals surface area contributed by atoms with Crippen LogP contribution in [-0.4, -0.2) is 37.1 Å². The van der Waals surface area contributed by atoms with Gasteiger partial charge in [-0.3, -0.25) is 4.90 Å². The molecule has 0 atom stereocenters. The Hall–Kier alpha value is -2.05. The Morgan fingerprint density at radius 1 is 0.952 bits per heavy atom. The van der Waals surface area contributed by atoms with E-state index in [2.05, 4.69) is 47.9 Å². The molecule has 1 aliphatic heterocycles. The Balaban J connectivity index is 1.94. The minimum absolute atomic E-state index is 0.616. The lowest BCUT2D eigenvalue weighted by Crippen LogP contribution is -2.48. The van der Waals surface area contributed by atoms with Crippen LogP contribution in [0, 0.1) is 11.3 Å². The molecule has 0 bridgehead atoms. The number of anilines is 1. The van der Waals surface area contributed by atoms with Crippen LogP contribution in [-0.2, 0) is 0 Å². The summed E-state index contributed by atoms with van der Waals surface area (Å²) in [5.41, 5.74) is 2.02. The van der Waals surface area contributed by atoms with E-state index in [1.165, 1.54) is 11.1 Å². The summed E-state index contributed by atoms with van der Waals surface area (Å²) in [7, 11) is 0. The van der Waals surface area contributed by atoms with Crippen molar-refractivity contribution >= 4 is 16.5 Å². The molecule has 0 unspecified atom stereocenters. The summed E-state index contributed by atoms with van der Waals surface area (Å²) in [5.74, 6) is 0. The Morgan fingerprint density at radius 3 is 2.24 bits per heavy atom. The zero-order chi connectivity index (χ0) is 14.8. The fourth-order valence-electron chi connectivity index (χ4n) is 3.14. The molecule has 3 nitrogen and oxygen atoms in total. The molecule has 1 aliphatic rings. The Kier molecular flexibility index (Phi) is 3.81. The van der Waals surface area contributed by atoms with Crippen LogP contribution in [0.25, 0.3) is 10.8 Å². The molecule has 108 valence electrons. The van der Waals surface area contributed by atoms with Gasteiger partial charge in [0, 0.05) is 48.7 Å². The maximum Gasteiger partial charge on any atom is 0.0998 e. The quantitative estimate of drug-likeness (QED) is 0.845. The maximum absolute atomic E-state index is 9.26. The first-order chi connectivity index (χ1) is 10.2. The van der Waals surface area contributed by atoms with Crippen LogP contribution in [0.3, 0.4) is 0 Å². The van der Waals surface area contributed by atoms with E-state index in [0.29, 0.717) is 6.04 Å². The molecule has 0 saturated carbocycles. The Labute approximate surface area is 126 Å². The van der Waals surface area contributed by atoms with Crippen molar-refractivity contribution in [1.29, 1.82) is 5.26 Å². The third kappa shape index (κ3) is 2.59. The van der Waals surface area contributed by atoms with Crippen LogP contribution >= 0.6 is 0 Å². The van der Waals surface area contributed by atoms with Gasteiger partial charge in [-0.05, 0) is 26.0 Å². The van der Waals surface area contributed by atoms with Gasteiger partial charge >= 0.3 is 0 Å². The van der Waals surface area contributed by atoms with Crippen molar-refractivity contribution in [3.05, 3.63) is 42.0 Å². The minimum Gasteiger partial charge on any atom is -0.368 e. The lowest BCUT2D eigenvalue weighted by atomic mass is 10.0. The molecule has 3 rings (SSSR count). The van der Waals surface area contributed by atoms with Crippen LogP contribution in [0.15, 0.2) is 36.4 Å². The van der Waals surface area contributed by atoms with Gasteiger partial charge in [0.05, 0.1) is 11.6 Å². The van der Waals surface area contributed by atoms with E-state index < -0.39 is 0 Å². The van der Waals surface area contributed by atoms with Crippen LogP contribution in [0.5, 0.6) is 0 Å². The molecule has 1 heterocycles. The van der Waals surface area contributed by atoms with Gasteiger partial charge in [-0.15, -0.1) is 0 Å². The Bertz CT molecular complexity index is 676. The molecule has 0 aromatic heterocycles. The van der Waals surface area contributed by atoms with Crippen molar-refractivity contribution in [2.75, 3.05) is 31.1 Å². The summed E-state index contributed by atoms with van der Waals surface area (Å²) in [5, 5.41) is 11.5. The monoisotopic (exact) mass is 279 g/mol. The van der Waals surface area contributed by atoms with Gasteiger partial charge < -0.3 is 4.90 Å². The first-order valence-electron chi connectivity index (χ1n) is 7.61. The topological polar surface area (TPSA) is 30.3 Å². The van der Waals surface area contributed by atoms with Gasteiger partial charge in [0.15, 0.2) is 0 Å². The number of hydrogen-bond acceptors (Lipinski definition) is 3. The molecule has 0 amide bonds. The van der Waals surface area contributed by atoms with Crippen LogP contribution in [0.1, 0.15) is 19.4 Å². The highest BCUT2D eigenvalue weighted by Crippen LogP contribution is 2.30. The van der Waals surface area contributed by atoms with E-state index in [9.17, 15) is 5.26 Å². The summed E-state index contributed by atoms with van der Waals surface area (Å²) in [6.07, 6.45) is 0. The van der Waals surface area contributed by atoms with Crippen molar-refractivity contribution in [2.45, 2.75) is 19.9 Å². The van der Waals surface area contributed by atoms with E-state index in [1.807, 2.05) is 18.2 Å². The van der Waals surface area contributed by atoms with Gasteiger partial charge in [0.1, 0.15) is 0 Å². The lowest BCUT2D eigenvalue weighted by molar-refractivity contribution is 0.209. The molecular weight excluding hydrogens is 258 g/mol. The predicted octanol–water partition coefficient (Wildman–Crippen LogP) is 3.24.